The van der Waals surface area contributed by atoms with Gasteiger partial charge in [0.1, 0.15) is 0 Å². The minimum Gasteiger partial charge on any atom is -0.468 e. The maximum atomic E-state index is 12.5. The van der Waals surface area contributed by atoms with E-state index in [1.807, 2.05) is 35.2 Å². The summed E-state index contributed by atoms with van der Waals surface area (Å²) in [5.74, 6) is 0.436. The number of benzene rings is 1. The summed E-state index contributed by atoms with van der Waals surface area (Å²) in [4.78, 5) is 26.8. The van der Waals surface area contributed by atoms with E-state index in [9.17, 15) is 9.59 Å². The molecule has 132 valence electrons. The fourth-order valence-corrected chi connectivity index (χ4v) is 3.81. The number of hydrogen-bond donors (Lipinski definition) is 0. The standard InChI is InChI=1S/C19H27NO3S/c1-18(2,3)24-14-16(21)20-12-10-19(11-13-20,17(22)23-4)15-8-6-5-7-9-15/h5-9H,10-14H2,1-4H3. The van der Waals surface area contributed by atoms with Gasteiger partial charge in [0.15, 0.2) is 0 Å². The molecule has 1 aliphatic heterocycles. The highest BCUT2D eigenvalue weighted by atomic mass is 32.2. The number of esters is 1. The van der Waals surface area contributed by atoms with Crippen molar-refractivity contribution in [3.63, 3.8) is 0 Å². The molecule has 1 aromatic rings. The number of nitrogens with zero attached hydrogens (tertiary/aromatic N) is 1. The van der Waals surface area contributed by atoms with Gasteiger partial charge in [-0.25, -0.2) is 0 Å². The summed E-state index contributed by atoms with van der Waals surface area (Å²) < 4.78 is 5.16. The van der Waals surface area contributed by atoms with Gasteiger partial charge in [-0.1, -0.05) is 51.1 Å². The first-order valence-corrected chi connectivity index (χ1v) is 9.33. The monoisotopic (exact) mass is 349 g/mol. The van der Waals surface area contributed by atoms with Crippen molar-refractivity contribution in [2.24, 2.45) is 0 Å². The number of carbonyl (C=O) groups is 2. The molecule has 1 amide bonds. The quantitative estimate of drug-likeness (QED) is 0.783. The molecule has 24 heavy (non-hydrogen) atoms. The SMILES string of the molecule is COC(=O)C1(c2ccccc2)CCN(C(=O)CSC(C)(C)C)CC1. The zero-order valence-electron chi connectivity index (χ0n) is 15.0. The molecule has 1 fully saturated rings. The number of amides is 1. The van der Waals surface area contributed by atoms with E-state index in [-0.39, 0.29) is 16.6 Å². The van der Waals surface area contributed by atoms with Crippen LogP contribution in [0.1, 0.15) is 39.2 Å². The average Bonchev–Trinajstić information content (AvgIpc) is 2.59. The number of carbonyl (C=O) groups excluding carboxylic acids is 2. The van der Waals surface area contributed by atoms with E-state index < -0.39 is 5.41 Å². The maximum absolute atomic E-state index is 12.5. The van der Waals surface area contributed by atoms with Crippen LogP contribution < -0.4 is 0 Å². The molecule has 0 N–H and O–H groups in total. The van der Waals surface area contributed by atoms with Crippen LogP contribution in [0.25, 0.3) is 0 Å². The molecule has 1 aromatic carbocycles. The fraction of sp³-hybridized carbons (Fsp3) is 0.579. The first-order chi connectivity index (χ1) is 11.3. The van der Waals surface area contributed by atoms with Crippen LogP contribution in [-0.4, -0.2) is 47.5 Å². The molecule has 2 rings (SSSR count). The van der Waals surface area contributed by atoms with Crippen molar-refractivity contribution in [1.82, 2.24) is 4.90 Å². The molecule has 0 aliphatic carbocycles. The zero-order chi connectivity index (χ0) is 17.8. The van der Waals surface area contributed by atoms with Crippen LogP contribution in [0.5, 0.6) is 0 Å². The summed E-state index contributed by atoms with van der Waals surface area (Å²) in [7, 11) is 1.44. The summed E-state index contributed by atoms with van der Waals surface area (Å²) >= 11 is 1.66. The highest BCUT2D eigenvalue weighted by Gasteiger charge is 2.44. The Kier molecular flexibility index (Phi) is 5.97. The third-order valence-corrected chi connectivity index (χ3v) is 5.76. The van der Waals surface area contributed by atoms with Crippen molar-refractivity contribution in [1.29, 1.82) is 0 Å². The lowest BCUT2D eigenvalue weighted by molar-refractivity contribution is -0.151. The summed E-state index contributed by atoms with van der Waals surface area (Å²) in [6, 6.07) is 9.78. The summed E-state index contributed by atoms with van der Waals surface area (Å²) in [6.45, 7) is 7.51. The van der Waals surface area contributed by atoms with Crippen LogP contribution in [0, 0.1) is 0 Å². The molecule has 0 bridgehead atoms. The second-order valence-corrected chi connectivity index (χ2v) is 9.02. The Hall–Kier alpha value is -1.49. The van der Waals surface area contributed by atoms with Gasteiger partial charge in [-0.15, -0.1) is 11.8 Å². The Bertz CT molecular complexity index is 572. The largest absolute Gasteiger partial charge is 0.468 e. The van der Waals surface area contributed by atoms with E-state index in [0.717, 1.165) is 5.56 Å². The van der Waals surface area contributed by atoms with Gasteiger partial charge in [0, 0.05) is 17.8 Å². The fourth-order valence-electron chi connectivity index (χ4n) is 3.07. The lowest BCUT2D eigenvalue weighted by atomic mass is 9.72. The van der Waals surface area contributed by atoms with E-state index >= 15 is 0 Å². The van der Waals surface area contributed by atoms with Gasteiger partial charge in [0.05, 0.1) is 18.3 Å². The van der Waals surface area contributed by atoms with E-state index in [4.69, 9.17) is 4.74 Å². The molecule has 0 saturated carbocycles. The molecular weight excluding hydrogens is 322 g/mol. The molecule has 1 heterocycles. The number of hydrogen-bond acceptors (Lipinski definition) is 4. The second-order valence-electron chi connectivity index (χ2n) is 7.22. The predicted octanol–water partition coefficient (Wildman–Crippen LogP) is 3.25. The summed E-state index contributed by atoms with van der Waals surface area (Å²) in [5.41, 5.74) is 0.345. The van der Waals surface area contributed by atoms with E-state index in [1.165, 1.54) is 7.11 Å². The van der Waals surface area contributed by atoms with Gasteiger partial charge in [-0.3, -0.25) is 9.59 Å². The van der Waals surface area contributed by atoms with Gasteiger partial charge < -0.3 is 9.64 Å². The van der Waals surface area contributed by atoms with Gasteiger partial charge in [-0.2, -0.15) is 0 Å². The van der Waals surface area contributed by atoms with Crippen LogP contribution in [0.15, 0.2) is 30.3 Å². The average molecular weight is 349 g/mol. The second kappa shape index (κ2) is 7.60. The third kappa shape index (κ3) is 4.32. The molecule has 0 unspecified atom stereocenters. The molecule has 0 spiro atoms. The van der Waals surface area contributed by atoms with Crippen molar-refractivity contribution in [3.8, 4) is 0 Å². The zero-order valence-corrected chi connectivity index (χ0v) is 15.8. The molecule has 5 heteroatoms. The van der Waals surface area contributed by atoms with Gasteiger partial charge in [-0.05, 0) is 18.4 Å². The van der Waals surface area contributed by atoms with Crippen molar-refractivity contribution in [2.75, 3.05) is 26.0 Å². The summed E-state index contributed by atoms with van der Waals surface area (Å²) in [6.07, 6.45) is 1.21. The lowest BCUT2D eigenvalue weighted by Crippen LogP contribution is -2.50. The molecule has 0 aromatic heterocycles. The molecule has 1 saturated heterocycles. The van der Waals surface area contributed by atoms with Crippen molar-refractivity contribution >= 4 is 23.6 Å². The van der Waals surface area contributed by atoms with E-state index in [2.05, 4.69) is 20.8 Å². The molecular formula is C19H27NO3S. The predicted molar refractivity (Wildman–Crippen MR) is 98.2 cm³/mol. The van der Waals surface area contributed by atoms with E-state index in [1.54, 1.807) is 11.8 Å². The Labute approximate surface area is 148 Å². The maximum Gasteiger partial charge on any atom is 0.316 e. The number of likely N-dealkylation sites (tertiary alicyclic amines) is 1. The minimum absolute atomic E-state index is 0.0747. The van der Waals surface area contributed by atoms with E-state index in [0.29, 0.717) is 31.7 Å². The van der Waals surface area contributed by atoms with Crippen LogP contribution in [0.2, 0.25) is 0 Å². The highest BCUT2D eigenvalue weighted by Crippen LogP contribution is 2.37. The normalized spacial score (nSPS) is 17.4. The van der Waals surface area contributed by atoms with Gasteiger partial charge >= 0.3 is 5.97 Å². The number of piperidine rings is 1. The lowest BCUT2D eigenvalue weighted by Gasteiger charge is -2.40. The van der Waals surface area contributed by atoms with Crippen LogP contribution in [0.3, 0.4) is 0 Å². The first-order valence-electron chi connectivity index (χ1n) is 8.34. The number of methoxy groups -OCH3 is 1. The molecule has 0 atom stereocenters. The topological polar surface area (TPSA) is 46.6 Å². The number of thioether (sulfide) groups is 1. The smallest absolute Gasteiger partial charge is 0.316 e. The highest BCUT2D eigenvalue weighted by molar-refractivity contribution is 8.01. The van der Waals surface area contributed by atoms with Crippen LogP contribution >= 0.6 is 11.8 Å². The van der Waals surface area contributed by atoms with Crippen molar-refractivity contribution in [3.05, 3.63) is 35.9 Å². The Balaban J connectivity index is 2.07. The van der Waals surface area contributed by atoms with Gasteiger partial charge in [0.25, 0.3) is 0 Å². The minimum atomic E-state index is -0.635. The first kappa shape index (κ1) is 18.8. The third-order valence-electron chi connectivity index (χ3n) is 4.50. The number of rotatable bonds is 4. The van der Waals surface area contributed by atoms with Crippen molar-refractivity contribution < 1.29 is 14.3 Å². The van der Waals surface area contributed by atoms with Crippen LogP contribution in [0.4, 0.5) is 0 Å². The Morgan fingerprint density at radius 2 is 1.75 bits per heavy atom. The Morgan fingerprint density at radius 1 is 1.17 bits per heavy atom. The molecule has 4 nitrogen and oxygen atoms in total. The Morgan fingerprint density at radius 3 is 2.25 bits per heavy atom. The van der Waals surface area contributed by atoms with Gasteiger partial charge in [0.2, 0.25) is 5.91 Å². The summed E-state index contributed by atoms with van der Waals surface area (Å²) in [5, 5.41) is 0. The molecule has 1 aliphatic rings. The molecule has 0 radical (unpaired) electrons. The van der Waals surface area contributed by atoms with Crippen molar-refractivity contribution in [2.45, 2.75) is 43.8 Å². The van der Waals surface area contributed by atoms with Crippen LogP contribution in [-0.2, 0) is 19.7 Å². The number of ether oxygens (including phenoxy) is 1.